The third kappa shape index (κ3) is 2.78. The minimum absolute atomic E-state index is 0.241. The lowest BCUT2D eigenvalue weighted by Gasteiger charge is -2.45. The molecule has 2 fully saturated rings. The molecular weight excluding hydrogens is 316 g/mol. The molecule has 25 heavy (non-hydrogen) atoms. The molecular formula is C19H18N4O2. The normalized spacial score (nSPS) is 22.3. The lowest BCUT2D eigenvalue weighted by molar-refractivity contribution is 0.140. The van der Waals surface area contributed by atoms with Crippen LogP contribution in [0.1, 0.15) is 11.3 Å². The monoisotopic (exact) mass is 334 g/mol. The fourth-order valence-corrected chi connectivity index (χ4v) is 3.70. The van der Waals surface area contributed by atoms with Gasteiger partial charge in [0, 0.05) is 26.1 Å². The lowest BCUT2D eigenvalue weighted by Crippen LogP contribution is -2.62. The Bertz CT molecular complexity index is 833. The van der Waals surface area contributed by atoms with Crippen LogP contribution in [-0.4, -0.2) is 47.8 Å². The topological polar surface area (TPSA) is 69.5 Å². The molecule has 4 rings (SSSR count). The smallest absolute Gasteiger partial charge is 0.410 e. The summed E-state index contributed by atoms with van der Waals surface area (Å²) in [5, 5.41) is 9.09. The summed E-state index contributed by atoms with van der Waals surface area (Å²) in [7, 11) is 0. The van der Waals surface area contributed by atoms with Gasteiger partial charge in [-0.1, -0.05) is 36.4 Å². The van der Waals surface area contributed by atoms with Gasteiger partial charge < -0.3 is 9.64 Å². The second-order valence-electron chi connectivity index (χ2n) is 6.51. The third-order valence-corrected chi connectivity index (χ3v) is 4.88. The zero-order chi connectivity index (χ0) is 17.3. The molecule has 0 saturated carbocycles. The first kappa shape index (κ1) is 15.5. The van der Waals surface area contributed by atoms with E-state index in [9.17, 15) is 4.79 Å². The maximum Gasteiger partial charge on any atom is 0.410 e. The number of nitriles is 1. The van der Waals surface area contributed by atoms with Crippen molar-refractivity contribution >= 4 is 11.9 Å². The summed E-state index contributed by atoms with van der Waals surface area (Å²) in [6.45, 7) is 2.27. The predicted octanol–water partition coefficient (Wildman–Crippen LogP) is 2.21. The summed E-state index contributed by atoms with van der Waals surface area (Å²) in [5.41, 5.74) is 1.17. The number of anilines is 1. The van der Waals surface area contributed by atoms with Crippen LogP contribution in [0.25, 0.3) is 0 Å². The van der Waals surface area contributed by atoms with Crippen molar-refractivity contribution < 1.29 is 9.53 Å². The van der Waals surface area contributed by atoms with Crippen LogP contribution in [0.5, 0.6) is 0 Å². The van der Waals surface area contributed by atoms with E-state index in [0.29, 0.717) is 31.9 Å². The van der Waals surface area contributed by atoms with Gasteiger partial charge in [-0.25, -0.2) is 9.78 Å². The first-order valence-electron chi connectivity index (χ1n) is 8.31. The number of nitrogens with zero attached hydrogens (tertiary/aromatic N) is 4. The van der Waals surface area contributed by atoms with Crippen LogP contribution >= 0.6 is 0 Å². The van der Waals surface area contributed by atoms with E-state index in [1.165, 1.54) is 5.56 Å². The Morgan fingerprint density at radius 3 is 2.80 bits per heavy atom. The molecule has 0 radical (unpaired) electrons. The molecule has 6 nitrogen and oxygen atoms in total. The average molecular weight is 334 g/mol. The summed E-state index contributed by atoms with van der Waals surface area (Å²) < 4.78 is 5.39. The number of cyclic esters (lactones) is 1. The standard InChI is InChI=1S/C19H18N4O2/c20-12-16-7-4-8-17(21-16)22-9-10-23-18(24)25-14-19(23,13-22)11-15-5-2-1-3-6-15/h1-8H,9-11,13-14H2. The SMILES string of the molecule is N#Cc1cccc(N2CCN3C(=O)OCC3(Cc3ccccc3)C2)n1. The van der Waals surface area contributed by atoms with Crippen molar-refractivity contribution in [1.29, 1.82) is 5.26 Å². The molecule has 2 saturated heterocycles. The molecule has 1 atom stereocenters. The van der Waals surface area contributed by atoms with Crippen molar-refractivity contribution in [1.82, 2.24) is 9.88 Å². The largest absolute Gasteiger partial charge is 0.447 e. The molecule has 0 spiro atoms. The first-order valence-corrected chi connectivity index (χ1v) is 8.31. The number of benzene rings is 1. The molecule has 126 valence electrons. The molecule has 0 bridgehead atoms. The van der Waals surface area contributed by atoms with Gasteiger partial charge in [0.2, 0.25) is 0 Å². The minimum Gasteiger partial charge on any atom is -0.447 e. The molecule has 1 aromatic heterocycles. The second kappa shape index (κ2) is 6.10. The maximum absolute atomic E-state index is 12.2. The summed E-state index contributed by atoms with van der Waals surface area (Å²) in [5.74, 6) is 0.769. The van der Waals surface area contributed by atoms with Gasteiger partial charge in [-0.05, 0) is 17.7 Å². The fourth-order valence-electron chi connectivity index (χ4n) is 3.70. The molecule has 2 aromatic rings. The number of hydrogen-bond donors (Lipinski definition) is 0. The van der Waals surface area contributed by atoms with Crippen molar-refractivity contribution in [3.8, 4) is 6.07 Å². The van der Waals surface area contributed by atoms with Gasteiger partial charge in [0.1, 0.15) is 29.7 Å². The number of amides is 1. The zero-order valence-electron chi connectivity index (χ0n) is 13.8. The molecule has 2 aliphatic heterocycles. The van der Waals surface area contributed by atoms with Crippen LogP contribution < -0.4 is 4.90 Å². The number of carbonyl (C=O) groups is 1. The van der Waals surface area contributed by atoms with Gasteiger partial charge in [-0.3, -0.25) is 4.90 Å². The molecule has 6 heteroatoms. The van der Waals surface area contributed by atoms with E-state index < -0.39 is 5.54 Å². The molecule has 1 amide bonds. The van der Waals surface area contributed by atoms with Gasteiger partial charge >= 0.3 is 6.09 Å². The highest BCUT2D eigenvalue weighted by molar-refractivity contribution is 5.72. The third-order valence-electron chi connectivity index (χ3n) is 4.88. The van der Waals surface area contributed by atoms with Gasteiger partial charge in [-0.15, -0.1) is 0 Å². The molecule has 0 N–H and O–H groups in total. The Morgan fingerprint density at radius 1 is 1.16 bits per heavy atom. The molecule has 1 unspecified atom stereocenters. The van der Waals surface area contributed by atoms with Gasteiger partial charge in [0.25, 0.3) is 0 Å². The van der Waals surface area contributed by atoms with E-state index in [1.807, 2.05) is 35.2 Å². The van der Waals surface area contributed by atoms with Crippen molar-refractivity contribution in [2.45, 2.75) is 12.0 Å². The van der Waals surface area contributed by atoms with Crippen LogP contribution in [0.15, 0.2) is 48.5 Å². The van der Waals surface area contributed by atoms with Crippen molar-refractivity contribution in [2.75, 3.05) is 31.1 Å². The Labute approximate surface area is 146 Å². The number of fused-ring (bicyclic) bond motifs is 1. The highest BCUT2D eigenvalue weighted by Gasteiger charge is 2.50. The highest BCUT2D eigenvalue weighted by atomic mass is 16.6. The van der Waals surface area contributed by atoms with Crippen molar-refractivity contribution in [2.24, 2.45) is 0 Å². The van der Waals surface area contributed by atoms with E-state index >= 15 is 0 Å². The van der Waals surface area contributed by atoms with E-state index in [1.54, 1.807) is 6.07 Å². The van der Waals surface area contributed by atoms with E-state index in [4.69, 9.17) is 10.00 Å². The summed E-state index contributed by atoms with van der Waals surface area (Å²) in [6, 6.07) is 17.7. The van der Waals surface area contributed by atoms with Crippen molar-refractivity contribution in [3.05, 3.63) is 59.8 Å². The number of ether oxygens (including phenoxy) is 1. The Kier molecular flexibility index (Phi) is 3.77. The Balaban J connectivity index is 1.64. The Morgan fingerprint density at radius 2 is 2.00 bits per heavy atom. The molecule has 1 aromatic carbocycles. The van der Waals surface area contributed by atoms with Crippen LogP contribution in [-0.2, 0) is 11.2 Å². The lowest BCUT2D eigenvalue weighted by atomic mass is 9.88. The molecule has 2 aliphatic rings. The van der Waals surface area contributed by atoms with Crippen LogP contribution in [0.3, 0.4) is 0 Å². The van der Waals surface area contributed by atoms with E-state index in [0.717, 1.165) is 12.2 Å². The molecule has 3 heterocycles. The number of carbonyl (C=O) groups excluding carboxylic acids is 1. The molecule has 0 aliphatic carbocycles. The highest BCUT2D eigenvalue weighted by Crippen LogP contribution is 2.33. The zero-order valence-corrected chi connectivity index (χ0v) is 13.8. The summed E-state index contributed by atoms with van der Waals surface area (Å²) in [4.78, 5) is 20.6. The predicted molar refractivity (Wildman–Crippen MR) is 92.1 cm³/mol. The van der Waals surface area contributed by atoms with E-state index in [-0.39, 0.29) is 6.09 Å². The number of piperazine rings is 1. The van der Waals surface area contributed by atoms with Gasteiger partial charge in [-0.2, -0.15) is 5.26 Å². The minimum atomic E-state index is -0.402. The number of pyridine rings is 1. The number of hydrogen-bond acceptors (Lipinski definition) is 5. The summed E-state index contributed by atoms with van der Waals surface area (Å²) >= 11 is 0. The first-order chi connectivity index (χ1) is 12.2. The van der Waals surface area contributed by atoms with Crippen LogP contribution in [0.2, 0.25) is 0 Å². The van der Waals surface area contributed by atoms with Gasteiger partial charge in [0.05, 0.1) is 0 Å². The number of aromatic nitrogens is 1. The second-order valence-corrected chi connectivity index (χ2v) is 6.51. The Hall–Kier alpha value is -3.07. The van der Waals surface area contributed by atoms with E-state index in [2.05, 4.69) is 28.1 Å². The fraction of sp³-hybridized carbons (Fsp3) is 0.316. The maximum atomic E-state index is 12.2. The number of rotatable bonds is 3. The van der Waals surface area contributed by atoms with Crippen molar-refractivity contribution in [3.63, 3.8) is 0 Å². The van der Waals surface area contributed by atoms with Crippen LogP contribution in [0.4, 0.5) is 10.6 Å². The average Bonchev–Trinajstić information content (AvgIpc) is 2.98. The van der Waals surface area contributed by atoms with Gasteiger partial charge in [0.15, 0.2) is 0 Å². The summed E-state index contributed by atoms with van der Waals surface area (Å²) in [6.07, 6.45) is 0.489. The quantitative estimate of drug-likeness (QED) is 0.861. The van der Waals surface area contributed by atoms with Crippen LogP contribution in [0, 0.1) is 11.3 Å².